The van der Waals surface area contributed by atoms with E-state index in [1.54, 1.807) is 70.1 Å². The molecule has 1 rings (SSSR count). The summed E-state index contributed by atoms with van der Waals surface area (Å²) in [5, 5.41) is 5.29. The maximum absolute atomic E-state index is 13.1. The van der Waals surface area contributed by atoms with Gasteiger partial charge in [0.2, 0.25) is 17.6 Å². The molecule has 10 heteroatoms. The van der Waals surface area contributed by atoms with Crippen LogP contribution in [0.4, 0.5) is 0 Å². The molecule has 0 bridgehead atoms. The van der Waals surface area contributed by atoms with E-state index in [2.05, 4.69) is 15.4 Å². The van der Waals surface area contributed by atoms with Crippen molar-refractivity contribution in [2.75, 3.05) is 20.6 Å². The normalized spacial score (nSPS) is 12.8. The van der Waals surface area contributed by atoms with E-state index in [4.69, 9.17) is 10.3 Å². The van der Waals surface area contributed by atoms with Gasteiger partial charge >= 0.3 is 12.2 Å². The number of hydrogen-bond donors (Lipinski definition) is 3. The van der Waals surface area contributed by atoms with Gasteiger partial charge in [0.25, 0.3) is 0 Å². The number of esters is 1. The number of nitrogens with one attached hydrogen (secondary N) is 3. The summed E-state index contributed by atoms with van der Waals surface area (Å²) in [6.45, 7) is 5.15. The zero-order valence-electron chi connectivity index (χ0n) is 19.2. The molecule has 3 N–H and O–H groups in total. The fourth-order valence-corrected chi connectivity index (χ4v) is 2.74. The SMILES string of the molecule is CN(C)CC(=O)N[C@H](C(=O)N[C@@H](CCC(=O)C=[N+]=N)C(=O)OC(C)(C)C)c1ccccc1. The molecule has 32 heavy (non-hydrogen) atoms. The van der Waals surface area contributed by atoms with Crippen molar-refractivity contribution < 1.29 is 28.7 Å². The molecular weight excluding hydrogens is 414 g/mol. The van der Waals surface area contributed by atoms with Gasteiger partial charge < -0.3 is 20.3 Å². The number of nitrogens with zero attached hydrogens (tertiary/aromatic N) is 2. The summed E-state index contributed by atoms with van der Waals surface area (Å²) in [5.41, 5.74) is 6.48. The Bertz CT molecular complexity index is 857. The lowest BCUT2D eigenvalue weighted by Crippen LogP contribution is -2.49. The molecule has 0 aliphatic rings. The maximum atomic E-state index is 13.1. The van der Waals surface area contributed by atoms with E-state index >= 15 is 0 Å². The van der Waals surface area contributed by atoms with Crippen molar-refractivity contribution >= 4 is 29.8 Å². The molecule has 0 aromatic heterocycles. The zero-order chi connectivity index (χ0) is 24.3. The Hall–Kier alpha value is -3.36. The standard InChI is InChI=1S/C22H31N5O5/c1-22(2,3)32-21(31)17(12-11-16(28)13-24-23)25-20(30)19(15-9-7-6-8-10-15)26-18(29)14-27(4)5/h6-10,13,17,19,23H,11-12,14H2,1-5H3,(H-,25,26,29,30)/p+1/t17-,19-/m0/s1. The minimum Gasteiger partial charge on any atom is -0.458 e. The topological polar surface area (TPSA) is 143 Å². The number of Topliss-reactive ketones (excluding diaryl/α,β-unsaturated/α-hetero) is 1. The fourth-order valence-electron chi connectivity index (χ4n) is 2.74. The van der Waals surface area contributed by atoms with Crippen LogP contribution in [0, 0.1) is 5.53 Å². The zero-order valence-corrected chi connectivity index (χ0v) is 19.2. The third-order valence-electron chi connectivity index (χ3n) is 4.06. The van der Waals surface area contributed by atoms with Crippen molar-refractivity contribution in [2.45, 2.75) is 51.3 Å². The average molecular weight is 447 g/mol. The summed E-state index contributed by atoms with van der Waals surface area (Å²) in [7, 11) is 3.46. The number of likely N-dealkylation sites (N-methyl/N-ethyl adjacent to an activating group) is 1. The molecular formula is C22H32N5O5+. The summed E-state index contributed by atoms with van der Waals surface area (Å²) in [4.78, 5) is 54.5. The number of amides is 2. The highest BCUT2D eigenvalue weighted by Crippen LogP contribution is 2.16. The molecule has 1 aromatic carbocycles. The van der Waals surface area contributed by atoms with Gasteiger partial charge in [0, 0.05) is 6.42 Å². The lowest BCUT2D eigenvalue weighted by Gasteiger charge is -2.26. The average Bonchev–Trinajstić information content (AvgIpc) is 2.68. The second-order valence-electron chi connectivity index (χ2n) is 8.51. The lowest BCUT2D eigenvalue weighted by atomic mass is 10.0. The van der Waals surface area contributed by atoms with Crippen LogP contribution in [0.2, 0.25) is 0 Å². The van der Waals surface area contributed by atoms with Crippen LogP contribution in [0.3, 0.4) is 0 Å². The van der Waals surface area contributed by atoms with Crippen molar-refractivity contribution in [3.05, 3.63) is 35.9 Å². The Morgan fingerprint density at radius 2 is 1.75 bits per heavy atom. The van der Waals surface area contributed by atoms with Crippen LogP contribution in [0.15, 0.2) is 30.3 Å². The molecule has 0 aliphatic heterocycles. The van der Waals surface area contributed by atoms with Crippen LogP contribution in [-0.4, -0.2) is 71.8 Å². The van der Waals surface area contributed by atoms with Gasteiger partial charge in [-0.1, -0.05) is 30.3 Å². The second-order valence-corrected chi connectivity index (χ2v) is 8.51. The van der Waals surface area contributed by atoms with Crippen molar-refractivity contribution in [1.82, 2.24) is 15.5 Å². The van der Waals surface area contributed by atoms with E-state index in [0.29, 0.717) is 5.56 Å². The van der Waals surface area contributed by atoms with Gasteiger partial charge in [-0.05, 0) is 46.9 Å². The van der Waals surface area contributed by atoms with Crippen molar-refractivity contribution in [3.63, 3.8) is 0 Å². The van der Waals surface area contributed by atoms with E-state index in [9.17, 15) is 19.2 Å². The monoisotopic (exact) mass is 446 g/mol. The first-order chi connectivity index (χ1) is 14.9. The first-order valence-corrected chi connectivity index (χ1v) is 10.2. The Balaban J connectivity index is 3.10. The van der Waals surface area contributed by atoms with Crippen LogP contribution < -0.4 is 10.6 Å². The van der Waals surface area contributed by atoms with Crippen molar-refractivity contribution in [1.29, 1.82) is 5.53 Å². The third kappa shape index (κ3) is 10.1. The fraction of sp³-hybridized carbons (Fsp3) is 0.500. The van der Waals surface area contributed by atoms with Crippen LogP contribution >= 0.6 is 0 Å². The maximum Gasteiger partial charge on any atom is 0.372 e. The Morgan fingerprint density at radius 3 is 2.28 bits per heavy atom. The van der Waals surface area contributed by atoms with Crippen LogP contribution in [0.25, 0.3) is 0 Å². The second kappa shape index (κ2) is 12.5. The summed E-state index contributed by atoms with van der Waals surface area (Å²) < 4.78 is 5.38. The molecule has 0 aliphatic carbocycles. The minimum absolute atomic E-state index is 0.0430. The number of rotatable bonds is 11. The summed E-state index contributed by atoms with van der Waals surface area (Å²) in [6.07, 6.45) is 0.677. The van der Waals surface area contributed by atoms with Gasteiger partial charge in [-0.25, -0.2) is 4.79 Å². The minimum atomic E-state index is -1.12. The van der Waals surface area contributed by atoms with Gasteiger partial charge in [0.05, 0.1) is 16.9 Å². The Morgan fingerprint density at radius 1 is 1.12 bits per heavy atom. The highest BCUT2D eigenvalue weighted by Gasteiger charge is 2.31. The molecule has 0 heterocycles. The lowest BCUT2D eigenvalue weighted by molar-refractivity contribution is -0.159. The first-order valence-electron chi connectivity index (χ1n) is 10.2. The molecule has 0 saturated carbocycles. The molecule has 174 valence electrons. The summed E-state index contributed by atoms with van der Waals surface area (Å²) in [5.74, 6) is -2.13. The van der Waals surface area contributed by atoms with Gasteiger partial charge in [0.1, 0.15) is 17.7 Å². The smallest absolute Gasteiger partial charge is 0.372 e. The molecule has 0 unspecified atom stereocenters. The van der Waals surface area contributed by atoms with Crippen LogP contribution in [0.5, 0.6) is 0 Å². The largest absolute Gasteiger partial charge is 0.458 e. The molecule has 2 atom stereocenters. The Kier molecular flexibility index (Phi) is 10.4. The number of ketones is 1. The molecule has 0 saturated heterocycles. The molecule has 0 fully saturated rings. The first kappa shape index (κ1) is 26.7. The summed E-state index contributed by atoms with van der Waals surface area (Å²) >= 11 is 0. The van der Waals surface area contributed by atoms with Crippen molar-refractivity contribution in [2.24, 2.45) is 0 Å². The van der Waals surface area contributed by atoms with E-state index < -0.39 is 35.3 Å². The van der Waals surface area contributed by atoms with E-state index in [0.717, 1.165) is 6.21 Å². The van der Waals surface area contributed by atoms with Gasteiger partial charge in [-0.3, -0.25) is 14.4 Å². The molecule has 2 amide bonds. The van der Waals surface area contributed by atoms with E-state index in [-0.39, 0.29) is 25.3 Å². The highest BCUT2D eigenvalue weighted by molar-refractivity contribution is 6.25. The van der Waals surface area contributed by atoms with Crippen molar-refractivity contribution in [3.8, 4) is 0 Å². The van der Waals surface area contributed by atoms with Gasteiger partial charge in [0.15, 0.2) is 0 Å². The quantitative estimate of drug-likeness (QED) is 0.199. The number of hydrogen-bond acceptors (Lipinski definition) is 7. The Labute approximate surface area is 187 Å². The van der Waals surface area contributed by atoms with Gasteiger partial charge in [-0.15, -0.1) is 0 Å². The number of ether oxygens (including phenoxy) is 1. The van der Waals surface area contributed by atoms with Gasteiger partial charge in [-0.2, -0.15) is 0 Å². The predicted octanol–water partition coefficient (Wildman–Crippen LogP) is 0.891. The third-order valence-corrected chi connectivity index (χ3v) is 4.06. The number of benzene rings is 1. The molecule has 1 aromatic rings. The molecule has 0 radical (unpaired) electrons. The highest BCUT2D eigenvalue weighted by atomic mass is 16.6. The number of carbonyl (C=O) groups excluding carboxylic acids is 4. The number of carbonyl (C=O) groups is 4. The molecule has 0 spiro atoms. The predicted molar refractivity (Wildman–Crippen MR) is 117 cm³/mol. The van der Waals surface area contributed by atoms with Crippen LogP contribution in [-0.2, 0) is 23.9 Å². The van der Waals surface area contributed by atoms with E-state index in [1.165, 1.54) is 0 Å². The van der Waals surface area contributed by atoms with Crippen LogP contribution in [0.1, 0.15) is 45.2 Å². The molecule has 10 nitrogen and oxygen atoms in total. The van der Waals surface area contributed by atoms with E-state index in [1.807, 2.05) is 0 Å². The summed E-state index contributed by atoms with van der Waals surface area (Å²) in [6, 6.07) is 6.47.